The Balaban J connectivity index is 2.46. The molecule has 0 heterocycles. The number of hydrogen-bond acceptors (Lipinski definition) is 8. The molecular formula is C14H18N4O6S2. The highest BCUT2D eigenvalue weighted by atomic mass is 32.2. The van der Waals surface area contributed by atoms with Gasteiger partial charge in [-0.15, -0.1) is 0 Å². The van der Waals surface area contributed by atoms with Crippen molar-refractivity contribution >= 4 is 42.9 Å². The molecule has 0 atom stereocenters. The summed E-state index contributed by atoms with van der Waals surface area (Å²) >= 11 is 0. The van der Waals surface area contributed by atoms with Crippen LogP contribution < -0.4 is 21.5 Å². The van der Waals surface area contributed by atoms with Gasteiger partial charge in [0.25, 0.3) is 20.1 Å². The van der Waals surface area contributed by atoms with E-state index < -0.39 is 25.0 Å². The Morgan fingerprint density at radius 1 is 0.962 bits per heavy atom. The van der Waals surface area contributed by atoms with Gasteiger partial charge in [-0.05, 0) is 36.4 Å². The minimum Gasteiger partial charge on any atom is -0.399 e. The Bertz CT molecular complexity index is 1020. The Hall–Kier alpha value is -2.54. The number of anilines is 4. The molecule has 142 valence electrons. The first-order chi connectivity index (χ1) is 12.0. The quantitative estimate of drug-likeness (QED) is 0.280. The monoisotopic (exact) mass is 402 g/mol. The fourth-order valence-electron chi connectivity index (χ4n) is 2.13. The molecule has 0 bridgehead atoms. The average Bonchev–Trinajstić information content (AvgIpc) is 2.54. The number of nitrogens with one attached hydrogen (secondary N) is 2. The van der Waals surface area contributed by atoms with E-state index in [1.807, 2.05) is 0 Å². The number of nitrogen functional groups attached to an aromatic ring is 2. The maximum absolute atomic E-state index is 12.7. The van der Waals surface area contributed by atoms with E-state index in [2.05, 4.69) is 10.0 Å². The molecule has 0 spiro atoms. The number of hydrogen-bond donors (Lipinski definition) is 6. The Kier molecular flexibility index (Phi) is 5.61. The first kappa shape index (κ1) is 19.8. The SMILES string of the molecule is Nc1ccc(NCCO)c(S(=O)(=O)Nc2ccc(N)c(S(=O)(=O)O)c2)c1. The molecule has 2 aromatic rings. The molecule has 10 nitrogen and oxygen atoms in total. The molecule has 0 unspecified atom stereocenters. The summed E-state index contributed by atoms with van der Waals surface area (Å²) in [6.45, 7) is -0.103. The van der Waals surface area contributed by atoms with E-state index in [0.29, 0.717) is 0 Å². The molecule has 0 aliphatic heterocycles. The molecule has 0 radical (unpaired) electrons. The molecular weight excluding hydrogens is 384 g/mol. The highest BCUT2D eigenvalue weighted by molar-refractivity contribution is 7.93. The molecule has 0 saturated carbocycles. The number of rotatable bonds is 7. The largest absolute Gasteiger partial charge is 0.399 e. The molecule has 2 aromatic carbocycles. The lowest BCUT2D eigenvalue weighted by atomic mass is 10.3. The highest BCUT2D eigenvalue weighted by Crippen LogP contribution is 2.28. The van der Waals surface area contributed by atoms with Crippen LogP contribution in [-0.2, 0) is 20.1 Å². The van der Waals surface area contributed by atoms with Gasteiger partial charge in [-0.3, -0.25) is 9.27 Å². The molecule has 0 aromatic heterocycles. The molecule has 12 heteroatoms. The third kappa shape index (κ3) is 4.54. The van der Waals surface area contributed by atoms with Crippen LogP contribution in [0.2, 0.25) is 0 Å². The lowest BCUT2D eigenvalue weighted by Crippen LogP contribution is -2.17. The number of aliphatic hydroxyl groups is 1. The lowest BCUT2D eigenvalue weighted by Gasteiger charge is -2.15. The van der Waals surface area contributed by atoms with Crippen LogP contribution in [0.1, 0.15) is 0 Å². The van der Waals surface area contributed by atoms with Crippen molar-refractivity contribution in [1.82, 2.24) is 0 Å². The van der Waals surface area contributed by atoms with Crippen molar-refractivity contribution in [2.24, 2.45) is 0 Å². The van der Waals surface area contributed by atoms with Crippen LogP contribution >= 0.6 is 0 Å². The molecule has 26 heavy (non-hydrogen) atoms. The van der Waals surface area contributed by atoms with Crippen LogP contribution in [0.15, 0.2) is 46.2 Å². The number of nitrogens with two attached hydrogens (primary N) is 2. The summed E-state index contributed by atoms with van der Waals surface area (Å²) in [7, 11) is -8.79. The summed E-state index contributed by atoms with van der Waals surface area (Å²) in [5, 5.41) is 11.6. The summed E-state index contributed by atoms with van der Waals surface area (Å²) in [4.78, 5) is -0.819. The van der Waals surface area contributed by atoms with E-state index in [1.54, 1.807) is 0 Å². The van der Waals surface area contributed by atoms with Gasteiger partial charge in [0, 0.05) is 12.2 Å². The van der Waals surface area contributed by atoms with Crippen LogP contribution in [0.4, 0.5) is 22.7 Å². The summed E-state index contributed by atoms with van der Waals surface area (Å²) < 4.78 is 59.3. The van der Waals surface area contributed by atoms with Crippen molar-refractivity contribution in [2.45, 2.75) is 9.79 Å². The van der Waals surface area contributed by atoms with Gasteiger partial charge >= 0.3 is 0 Å². The van der Waals surface area contributed by atoms with Gasteiger partial charge in [0.2, 0.25) is 0 Å². The van der Waals surface area contributed by atoms with Crippen molar-refractivity contribution in [3.63, 3.8) is 0 Å². The third-order valence-electron chi connectivity index (χ3n) is 3.27. The van der Waals surface area contributed by atoms with Crippen LogP contribution in [0.3, 0.4) is 0 Å². The zero-order valence-corrected chi connectivity index (χ0v) is 15.0. The standard InChI is InChI=1S/C14H18N4O6S2/c15-9-1-4-12(17-5-6-19)14(7-9)25(20,21)18-10-2-3-11(16)13(8-10)26(22,23)24/h1-4,7-8,17-19H,5-6,15-16H2,(H,22,23,24). The van der Waals surface area contributed by atoms with Crippen molar-refractivity contribution in [3.8, 4) is 0 Å². The first-order valence-electron chi connectivity index (χ1n) is 7.18. The van der Waals surface area contributed by atoms with Crippen LogP contribution in [0.5, 0.6) is 0 Å². The van der Waals surface area contributed by atoms with E-state index in [1.165, 1.54) is 24.3 Å². The molecule has 2 rings (SSSR count). The zero-order valence-electron chi connectivity index (χ0n) is 13.4. The first-order valence-corrected chi connectivity index (χ1v) is 10.1. The summed E-state index contributed by atoms with van der Waals surface area (Å²) in [5.74, 6) is 0. The Morgan fingerprint density at radius 2 is 1.65 bits per heavy atom. The second kappa shape index (κ2) is 7.37. The van der Waals surface area contributed by atoms with Crippen molar-refractivity contribution < 1.29 is 26.5 Å². The summed E-state index contributed by atoms with van der Waals surface area (Å²) in [6, 6.07) is 7.42. The van der Waals surface area contributed by atoms with Gasteiger partial charge in [-0.1, -0.05) is 0 Å². The molecule has 0 aliphatic rings. The zero-order chi connectivity index (χ0) is 19.5. The minimum atomic E-state index is -4.62. The number of aliphatic hydroxyl groups excluding tert-OH is 1. The van der Waals surface area contributed by atoms with Gasteiger partial charge < -0.3 is 21.9 Å². The maximum Gasteiger partial charge on any atom is 0.296 e. The predicted molar refractivity (Wildman–Crippen MR) is 97.9 cm³/mol. The van der Waals surface area contributed by atoms with E-state index in [9.17, 15) is 16.8 Å². The summed E-state index contributed by atoms with van der Waals surface area (Å²) in [6.07, 6.45) is 0. The molecule has 0 fully saturated rings. The van der Waals surface area contributed by atoms with E-state index in [0.717, 1.165) is 12.1 Å². The van der Waals surface area contributed by atoms with Crippen LogP contribution in [0, 0.1) is 0 Å². The Labute approximate surface area is 150 Å². The van der Waals surface area contributed by atoms with Gasteiger partial charge in [0.15, 0.2) is 0 Å². The fraction of sp³-hybridized carbons (Fsp3) is 0.143. The lowest BCUT2D eigenvalue weighted by molar-refractivity contribution is 0.311. The topological polar surface area (TPSA) is 185 Å². The van der Waals surface area contributed by atoms with Crippen molar-refractivity contribution in [2.75, 3.05) is 34.7 Å². The second-order valence-corrected chi connectivity index (χ2v) is 8.28. The van der Waals surface area contributed by atoms with E-state index in [4.69, 9.17) is 21.1 Å². The van der Waals surface area contributed by atoms with Crippen molar-refractivity contribution in [1.29, 1.82) is 0 Å². The average molecular weight is 402 g/mol. The molecule has 8 N–H and O–H groups in total. The molecule has 0 saturated heterocycles. The maximum atomic E-state index is 12.7. The van der Waals surface area contributed by atoms with E-state index >= 15 is 0 Å². The second-order valence-electron chi connectivity index (χ2n) is 5.24. The fourth-order valence-corrected chi connectivity index (χ4v) is 4.04. The number of sulfonamides is 1. The van der Waals surface area contributed by atoms with Gasteiger partial charge in [0.05, 0.1) is 23.7 Å². The number of benzene rings is 2. The van der Waals surface area contributed by atoms with Gasteiger partial charge in [0.1, 0.15) is 9.79 Å². The highest BCUT2D eigenvalue weighted by Gasteiger charge is 2.21. The predicted octanol–water partition coefficient (Wildman–Crippen LogP) is 0.303. The molecule has 0 amide bonds. The normalized spacial score (nSPS) is 11.9. The smallest absolute Gasteiger partial charge is 0.296 e. The van der Waals surface area contributed by atoms with Gasteiger partial charge in [-0.2, -0.15) is 8.42 Å². The minimum absolute atomic E-state index is 0.112. The summed E-state index contributed by atoms with van der Waals surface area (Å²) in [5.41, 5.74) is 11.2. The molecule has 0 aliphatic carbocycles. The van der Waals surface area contributed by atoms with Crippen LogP contribution in [0.25, 0.3) is 0 Å². The Morgan fingerprint density at radius 3 is 2.27 bits per heavy atom. The van der Waals surface area contributed by atoms with Crippen molar-refractivity contribution in [3.05, 3.63) is 36.4 Å². The van der Waals surface area contributed by atoms with Crippen LogP contribution in [-0.4, -0.2) is 39.6 Å². The van der Waals surface area contributed by atoms with E-state index in [-0.39, 0.29) is 40.8 Å². The third-order valence-corrected chi connectivity index (χ3v) is 5.60. The van der Waals surface area contributed by atoms with Gasteiger partial charge in [-0.25, -0.2) is 8.42 Å².